The number of carboxylic acid groups (broad SMARTS) is 1. The molecule has 0 amide bonds. The van der Waals surface area contributed by atoms with Gasteiger partial charge in [-0.25, -0.2) is 0 Å². The van der Waals surface area contributed by atoms with E-state index in [0.717, 1.165) is 45.6 Å². The second-order valence-corrected chi connectivity index (χ2v) is 6.64. The van der Waals surface area contributed by atoms with E-state index in [1.165, 1.54) is 0 Å². The third-order valence-electron chi connectivity index (χ3n) is 4.62. The molecule has 120 valence electrons. The van der Waals surface area contributed by atoms with Crippen molar-refractivity contribution < 1.29 is 9.90 Å². The maximum absolute atomic E-state index is 11.5. The Morgan fingerprint density at radius 1 is 1.30 bits per heavy atom. The van der Waals surface area contributed by atoms with Gasteiger partial charge in [0.1, 0.15) is 0 Å². The first kappa shape index (κ1) is 20.0. The van der Waals surface area contributed by atoms with Gasteiger partial charge in [-0.3, -0.25) is 4.79 Å². The zero-order chi connectivity index (χ0) is 13.3. The smallest absolute Gasteiger partial charge is 0.308 e. The SMILES string of the molecule is CC(C)CN1CC(C(=O)O)C2(CCN(C)CC2)C1.Cl.Cl. The van der Waals surface area contributed by atoms with Gasteiger partial charge in [-0.15, -0.1) is 24.8 Å². The summed E-state index contributed by atoms with van der Waals surface area (Å²) in [6, 6.07) is 0. The Balaban J connectivity index is 0.00000180. The summed E-state index contributed by atoms with van der Waals surface area (Å²) < 4.78 is 0. The number of halogens is 2. The van der Waals surface area contributed by atoms with Crippen LogP contribution in [0.15, 0.2) is 0 Å². The van der Waals surface area contributed by atoms with Gasteiger partial charge in [0.05, 0.1) is 5.92 Å². The number of carboxylic acids is 1. The Kier molecular flexibility index (Phi) is 7.82. The number of carbonyl (C=O) groups is 1. The van der Waals surface area contributed by atoms with Crippen LogP contribution in [-0.2, 0) is 4.79 Å². The minimum absolute atomic E-state index is 0. The number of rotatable bonds is 3. The van der Waals surface area contributed by atoms with Crippen molar-refractivity contribution in [2.75, 3.05) is 39.8 Å². The summed E-state index contributed by atoms with van der Waals surface area (Å²) in [4.78, 5) is 16.2. The molecule has 0 saturated carbocycles. The molecule has 1 N–H and O–H groups in total. The van der Waals surface area contributed by atoms with Crippen molar-refractivity contribution in [3.63, 3.8) is 0 Å². The van der Waals surface area contributed by atoms with Crippen LogP contribution in [0.5, 0.6) is 0 Å². The molecule has 2 aliphatic rings. The zero-order valence-electron chi connectivity index (χ0n) is 12.7. The molecule has 1 unspecified atom stereocenters. The second kappa shape index (κ2) is 7.83. The fourth-order valence-corrected chi connectivity index (χ4v) is 3.64. The second-order valence-electron chi connectivity index (χ2n) is 6.64. The Hall–Kier alpha value is -0.0300. The van der Waals surface area contributed by atoms with E-state index < -0.39 is 5.97 Å². The molecule has 0 aromatic rings. The molecular weight excluding hydrogens is 299 g/mol. The van der Waals surface area contributed by atoms with Crippen LogP contribution in [0.1, 0.15) is 26.7 Å². The Morgan fingerprint density at radius 3 is 2.30 bits per heavy atom. The van der Waals surface area contributed by atoms with Gasteiger partial charge < -0.3 is 14.9 Å². The third-order valence-corrected chi connectivity index (χ3v) is 4.62. The van der Waals surface area contributed by atoms with Gasteiger partial charge in [0, 0.05) is 25.0 Å². The first-order valence-corrected chi connectivity index (χ1v) is 7.07. The molecular formula is C14H28Cl2N2O2. The molecule has 0 aliphatic carbocycles. The van der Waals surface area contributed by atoms with Crippen molar-refractivity contribution in [1.29, 1.82) is 0 Å². The average Bonchev–Trinajstić information content (AvgIpc) is 2.61. The molecule has 0 aromatic heterocycles. The Labute approximate surface area is 134 Å². The summed E-state index contributed by atoms with van der Waals surface area (Å²) in [6.45, 7) is 9.25. The Bertz CT molecular complexity index is 318. The molecule has 4 nitrogen and oxygen atoms in total. The van der Waals surface area contributed by atoms with Crippen LogP contribution in [0.3, 0.4) is 0 Å². The van der Waals surface area contributed by atoms with Gasteiger partial charge >= 0.3 is 5.97 Å². The van der Waals surface area contributed by atoms with E-state index in [0.29, 0.717) is 5.92 Å². The predicted molar refractivity (Wildman–Crippen MR) is 86.1 cm³/mol. The number of nitrogens with zero attached hydrogens (tertiary/aromatic N) is 2. The summed E-state index contributed by atoms with van der Waals surface area (Å²) in [6.07, 6.45) is 2.07. The lowest BCUT2D eigenvalue weighted by atomic mass is 9.71. The van der Waals surface area contributed by atoms with Crippen molar-refractivity contribution >= 4 is 30.8 Å². The lowest BCUT2D eigenvalue weighted by Crippen LogP contribution is -2.44. The predicted octanol–water partition coefficient (Wildman–Crippen LogP) is 2.21. The molecule has 0 radical (unpaired) electrons. The number of hydrogen-bond donors (Lipinski definition) is 1. The highest BCUT2D eigenvalue weighted by molar-refractivity contribution is 5.85. The molecule has 0 bridgehead atoms. The van der Waals surface area contributed by atoms with Gasteiger partial charge in [-0.1, -0.05) is 13.8 Å². The number of piperidine rings is 1. The highest BCUT2D eigenvalue weighted by atomic mass is 35.5. The first-order valence-electron chi connectivity index (χ1n) is 7.07. The molecule has 1 spiro atoms. The molecule has 20 heavy (non-hydrogen) atoms. The monoisotopic (exact) mass is 326 g/mol. The summed E-state index contributed by atoms with van der Waals surface area (Å²) >= 11 is 0. The molecule has 0 aromatic carbocycles. The maximum atomic E-state index is 11.5. The van der Waals surface area contributed by atoms with Crippen molar-refractivity contribution in [3.8, 4) is 0 Å². The minimum Gasteiger partial charge on any atom is -0.481 e. The highest BCUT2D eigenvalue weighted by Gasteiger charge is 2.50. The van der Waals surface area contributed by atoms with Crippen molar-refractivity contribution in [2.24, 2.45) is 17.3 Å². The minimum atomic E-state index is -0.592. The van der Waals surface area contributed by atoms with E-state index in [1.54, 1.807) is 0 Å². The summed E-state index contributed by atoms with van der Waals surface area (Å²) in [5, 5.41) is 9.51. The molecule has 2 fully saturated rings. The fourth-order valence-electron chi connectivity index (χ4n) is 3.64. The molecule has 2 rings (SSSR count). The van der Waals surface area contributed by atoms with Crippen molar-refractivity contribution in [1.82, 2.24) is 9.80 Å². The Morgan fingerprint density at radius 2 is 1.85 bits per heavy atom. The van der Waals surface area contributed by atoms with Crippen molar-refractivity contribution in [3.05, 3.63) is 0 Å². The summed E-state index contributed by atoms with van der Waals surface area (Å²) in [7, 11) is 2.13. The van der Waals surface area contributed by atoms with Gasteiger partial charge in [0.25, 0.3) is 0 Å². The number of hydrogen-bond acceptors (Lipinski definition) is 3. The average molecular weight is 327 g/mol. The summed E-state index contributed by atoms with van der Waals surface area (Å²) in [5.74, 6) is -0.142. The largest absolute Gasteiger partial charge is 0.481 e. The quantitative estimate of drug-likeness (QED) is 0.863. The van der Waals surface area contributed by atoms with Crippen LogP contribution in [0.25, 0.3) is 0 Å². The summed E-state index contributed by atoms with van der Waals surface area (Å²) in [5.41, 5.74) is 0.0350. The van der Waals surface area contributed by atoms with Gasteiger partial charge in [-0.05, 0) is 38.9 Å². The van der Waals surface area contributed by atoms with Crippen LogP contribution in [-0.4, -0.2) is 60.6 Å². The zero-order valence-corrected chi connectivity index (χ0v) is 14.3. The van der Waals surface area contributed by atoms with Crippen LogP contribution < -0.4 is 0 Å². The first-order chi connectivity index (χ1) is 8.43. The molecule has 6 heteroatoms. The normalized spacial score (nSPS) is 26.3. The van der Waals surface area contributed by atoms with Gasteiger partial charge in [-0.2, -0.15) is 0 Å². The van der Waals surface area contributed by atoms with Crippen LogP contribution >= 0.6 is 24.8 Å². The number of aliphatic carboxylic acids is 1. The van der Waals surface area contributed by atoms with Gasteiger partial charge in [0.15, 0.2) is 0 Å². The lowest BCUT2D eigenvalue weighted by molar-refractivity contribution is -0.145. The van der Waals surface area contributed by atoms with Crippen LogP contribution in [0.2, 0.25) is 0 Å². The van der Waals surface area contributed by atoms with E-state index in [2.05, 4.69) is 30.7 Å². The lowest BCUT2D eigenvalue weighted by Gasteiger charge is -2.40. The molecule has 2 heterocycles. The van der Waals surface area contributed by atoms with E-state index in [4.69, 9.17) is 0 Å². The fraction of sp³-hybridized carbons (Fsp3) is 0.929. The van der Waals surface area contributed by atoms with E-state index in [9.17, 15) is 9.90 Å². The van der Waals surface area contributed by atoms with E-state index >= 15 is 0 Å². The van der Waals surface area contributed by atoms with E-state index in [1.807, 2.05) is 0 Å². The standard InChI is InChI=1S/C14H26N2O2.2ClH/c1-11(2)8-16-9-12(13(17)18)14(10-16)4-6-15(3)7-5-14;;/h11-12H,4-10H2,1-3H3,(H,17,18);2*1H. The van der Waals surface area contributed by atoms with E-state index in [-0.39, 0.29) is 36.1 Å². The molecule has 2 aliphatic heterocycles. The molecule has 2 saturated heterocycles. The van der Waals surface area contributed by atoms with Crippen LogP contribution in [0, 0.1) is 17.3 Å². The highest BCUT2D eigenvalue weighted by Crippen LogP contribution is 2.44. The van der Waals surface area contributed by atoms with Gasteiger partial charge in [0.2, 0.25) is 0 Å². The van der Waals surface area contributed by atoms with Crippen LogP contribution in [0.4, 0.5) is 0 Å². The third kappa shape index (κ3) is 4.23. The molecule has 1 atom stereocenters. The number of likely N-dealkylation sites (tertiary alicyclic amines) is 2. The van der Waals surface area contributed by atoms with Crippen molar-refractivity contribution in [2.45, 2.75) is 26.7 Å². The topological polar surface area (TPSA) is 43.8 Å². The maximum Gasteiger partial charge on any atom is 0.308 e.